The normalized spacial score (nSPS) is 10.6. The first-order chi connectivity index (χ1) is 12.9. The van der Waals surface area contributed by atoms with Gasteiger partial charge < -0.3 is 10.5 Å². The van der Waals surface area contributed by atoms with Crippen molar-refractivity contribution >= 4 is 16.1 Å². The summed E-state index contributed by atoms with van der Waals surface area (Å²) in [7, 11) is -4.00. The van der Waals surface area contributed by atoms with E-state index in [1.54, 1.807) is 18.2 Å². The van der Waals surface area contributed by atoms with E-state index in [1.807, 2.05) is 30.3 Å². The van der Waals surface area contributed by atoms with Gasteiger partial charge in [-0.1, -0.05) is 61.4 Å². The van der Waals surface area contributed by atoms with Gasteiger partial charge in [-0.05, 0) is 37.1 Å². The van der Waals surface area contributed by atoms with Gasteiger partial charge >= 0.3 is 5.97 Å². The fraction of sp³-hybridized carbons (Fsp3) is 0.350. The van der Waals surface area contributed by atoms with E-state index in [2.05, 4.69) is 0 Å². The maximum Gasteiger partial charge on any atom is 0.306 e. The second-order valence-electron chi connectivity index (χ2n) is 5.89. The lowest BCUT2D eigenvalue weighted by Crippen LogP contribution is -2.04. The number of hydrogen-bond donors (Lipinski definition) is 2. The van der Waals surface area contributed by atoms with E-state index >= 15 is 0 Å². The minimum Gasteiger partial charge on any atom is -0.461 e. The monoisotopic (exact) mass is 393 g/mol. The highest BCUT2D eigenvalue weighted by molar-refractivity contribution is 7.85. The summed E-state index contributed by atoms with van der Waals surface area (Å²) in [6, 6.07) is 17.2. The van der Waals surface area contributed by atoms with E-state index < -0.39 is 10.1 Å². The average molecular weight is 394 g/mol. The van der Waals surface area contributed by atoms with Crippen LogP contribution in [-0.4, -0.2) is 25.5 Å². The van der Waals surface area contributed by atoms with Crippen molar-refractivity contribution in [2.45, 2.75) is 43.6 Å². The number of rotatable bonds is 9. The Morgan fingerprint density at radius 2 is 1.44 bits per heavy atom. The fourth-order valence-corrected chi connectivity index (χ4v) is 2.67. The van der Waals surface area contributed by atoms with Crippen LogP contribution in [0.1, 0.15) is 37.7 Å². The van der Waals surface area contributed by atoms with E-state index in [-0.39, 0.29) is 10.9 Å². The van der Waals surface area contributed by atoms with Crippen LogP contribution in [-0.2, 0) is 26.3 Å². The first-order valence-electron chi connectivity index (χ1n) is 8.85. The zero-order valence-corrected chi connectivity index (χ0v) is 16.1. The SMILES string of the molecule is NCCCCCCC(=O)OCc1ccccc1.O=S(=O)(O)c1ccccc1. The van der Waals surface area contributed by atoms with E-state index in [9.17, 15) is 13.2 Å². The highest BCUT2D eigenvalue weighted by Crippen LogP contribution is 2.06. The molecule has 6 nitrogen and oxygen atoms in total. The minimum absolute atomic E-state index is 0.0741. The summed E-state index contributed by atoms with van der Waals surface area (Å²) in [5.41, 5.74) is 6.42. The summed E-state index contributed by atoms with van der Waals surface area (Å²) in [4.78, 5) is 11.3. The second-order valence-corrected chi connectivity index (χ2v) is 7.31. The van der Waals surface area contributed by atoms with Gasteiger partial charge in [0, 0.05) is 6.42 Å². The molecule has 0 unspecified atom stereocenters. The van der Waals surface area contributed by atoms with Gasteiger partial charge in [0.05, 0.1) is 4.90 Å². The second kappa shape index (κ2) is 13.0. The Bertz CT molecular complexity index is 748. The molecule has 0 amide bonds. The van der Waals surface area contributed by atoms with Gasteiger partial charge in [0.15, 0.2) is 0 Å². The standard InChI is InChI=1S/C14H21NO2.C6H6O3S/c15-11-7-2-1-6-10-14(16)17-12-13-8-4-3-5-9-13;7-10(8,9)6-4-2-1-3-5-6/h3-5,8-9H,1-2,6-7,10-12,15H2;1-5H,(H,7,8,9). The Kier molecular flexibility index (Phi) is 11.0. The number of esters is 1. The largest absolute Gasteiger partial charge is 0.461 e. The van der Waals surface area contributed by atoms with Crippen molar-refractivity contribution < 1.29 is 22.5 Å². The molecular formula is C20H27NO5S. The van der Waals surface area contributed by atoms with Crippen molar-refractivity contribution in [2.75, 3.05) is 6.54 Å². The smallest absolute Gasteiger partial charge is 0.306 e. The molecule has 0 radical (unpaired) electrons. The molecule has 0 aromatic heterocycles. The number of carbonyl (C=O) groups excluding carboxylic acids is 1. The summed E-state index contributed by atoms with van der Waals surface area (Å²) in [6.07, 6.45) is 4.60. The van der Waals surface area contributed by atoms with E-state index in [1.165, 1.54) is 12.1 Å². The fourth-order valence-electron chi connectivity index (χ4n) is 2.17. The van der Waals surface area contributed by atoms with Crippen molar-refractivity contribution in [2.24, 2.45) is 5.73 Å². The van der Waals surface area contributed by atoms with Crippen molar-refractivity contribution in [3.05, 3.63) is 66.2 Å². The topological polar surface area (TPSA) is 107 Å². The molecule has 0 aliphatic rings. The number of benzene rings is 2. The molecule has 3 N–H and O–H groups in total. The van der Waals surface area contributed by atoms with Crippen LogP contribution in [0.15, 0.2) is 65.6 Å². The van der Waals surface area contributed by atoms with Crippen LogP contribution in [0.4, 0.5) is 0 Å². The lowest BCUT2D eigenvalue weighted by atomic mass is 10.1. The van der Waals surface area contributed by atoms with Crippen LogP contribution >= 0.6 is 0 Å². The molecule has 0 bridgehead atoms. The van der Waals surface area contributed by atoms with E-state index in [0.29, 0.717) is 13.0 Å². The van der Waals surface area contributed by atoms with Crippen LogP contribution in [0.25, 0.3) is 0 Å². The first kappa shape index (κ1) is 22.8. The Hall–Kier alpha value is -2.22. The maximum absolute atomic E-state index is 11.4. The Morgan fingerprint density at radius 3 is 1.96 bits per heavy atom. The minimum atomic E-state index is -4.00. The molecule has 0 aliphatic carbocycles. The third kappa shape index (κ3) is 11.2. The lowest BCUT2D eigenvalue weighted by Gasteiger charge is -2.04. The summed E-state index contributed by atoms with van der Waals surface area (Å²) in [6.45, 7) is 1.11. The van der Waals surface area contributed by atoms with Crippen LogP contribution in [0, 0.1) is 0 Å². The third-order valence-electron chi connectivity index (χ3n) is 3.62. The lowest BCUT2D eigenvalue weighted by molar-refractivity contribution is -0.145. The van der Waals surface area contributed by atoms with Crippen molar-refractivity contribution in [3.63, 3.8) is 0 Å². The first-order valence-corrected chi connectivity index (χ1v) is 10.3. The zero-order valence-electron chi connectivity index (χ0n) is 15.3. The van der Waals surface area contributed by atoms with Gasteiger partial charge in [0.25, 0.3) is 10.1 Å². The molecule has 2 aromatic carbocycles. The number of ether oxygens (including phenoxy) is 1. The molecule has 7 heteroatoms. The van der Waals surface area contributed by atoms with Crippen LogP contribution in [0.3, 0.4) is 0 Å². The van der Waals surface area contributed by atoms with Crippen molar-refractivity contribution in [1.29, 1.82) is 0 Å². The van der Waals surface area contributed by atoms with Crippen molar-refractivity contribution in [3.8, 4) is 0 Å². The molecule has 0 heterocycles. The van der Waals surface area contributed by atoms with Crippen molar-refractivity contribution in [1.82, 2.24) is 0 Å². The molecule has 0 fully saturated rings. The molecule has 2 aromatic rings. The van der Waals surface area contributed by atoms with Gasteiger partial charge in [-0.15, -0.1) is 0 Å². The summed E-state index contributed by atoms with van der Waals surface area (Å²) >= 11 is 0. The van der Waals surface area contributed by atoms with Crippen LogP contribution in [0.5, 0.6) is 0 Å². The molecule has 0 atom stereocenters. The van der Waals surface area contributed by atoms with Crippen LogP contribution in [0.2, 0.25) is 0 Å². The quantitative estimate of drug-likeness (QED) is 0.383. The molecule has 27 heavy (non-hydrogen) atoms. The van der Waals surface area contributed by atoms with Gasteiger partial charge in [-0.25, -0.2) is 0 Å². The Labute approximate surface area is 161 Å². The maximum atomic E-state index is 11.4. The molecule has 0 aliphatic heterocycles. The molecular weight excluding hydrogens is 366 g/mol. The van der Waals surface area contributed by atoms with Gasteiger partial charge in [-0.3, -0.25) is 9.35 Å². The highest BCUT2D eigenvalue weighted by Gasteiger charge is 2.05. The Morgan fingerprint density at radius 1 is 0.889 bits per heavy atom. The molecule has 0 saturated heterocycles. The molecule has 2 rings (SSSR count). The van der Waals surface area contributed by atoms with E-state index in [4.69, 9.17) is 15.0 Å². The van der Waals surface area contributed by atoms with Gasteiger partial charge in [0.2, 0.25) is 0 Å². The van der Waals surface area contributed by atoms with Crippen LogP contribution < -0.4 is 5.73 Å². The summed E-state index contributed by atoms with van der Waals surface area (Å²) < 4.78 is 34.4. The third-order valence-corrected chi connectivity index (χ3v) is 4.49. The summed E-state index contributed by atoms with van der Waals surface area (Å²) in [5.74, 6) is -0.110. The predicted molar refractivity (Wildman–Crippen MR) is 105 cm³/mol. The number of unbranched alkanes of at least 4 members (excludes halogenated alkanes) is 3. The number of carbonyl (C=O) groups is 1. The van der Waals surface area contributed by atoms with E-state index in [0.717, 1.165) is 37.8 Å². The predicted octanol–water partition coefficient (Wildman–Crippen LogP) is 3.57. The summed E-state index contributed by atoms with van der Waals surface area (Å²) in [5, 5.41) is 0. The number of nitrogens with two attached hydrogens (primary N) is 1. The Balaban J connectivity index is 0.000000309. The molecule has 0 saturated carbocycles. The molecule has 148 valence electrons. The number of hydrogen-bond acceptors (Lipinski definition) is 5. The van der Waals surface area contributed by atoms with Gasteiger partial charge in [-0.2, -0.15) is 8.42 Å². The molecule has 0 spiro atoms. The average Bonchev–Trinajstić information content (AvgIpc) is 2.67. The van der Waals surface area contributed by atoms with Gasteiger partial charge in [0.1, 0.15) is 6.61 Å². The zero-order chi connectivity index (χ0) is 20.0. The highest BCUT2D eigenvalue weighted by atomic mass is 32.2.